The Hall–Kier alpha value is -0.500. The van der Waals surface area contributed by atoms with Gasteiger partial charge >= 0.3 is 13.6 Å². The third kappa shape index (κ3) is 8.49. The summed E-state index contributed by atoms with van der Waals surface area (Å²) < 4.78 is 10.4. The molecule has 0 heterocycles. The second kappa shape index (κ2) is 6.89. The fraction of sp³-hybridized carbons (Fsp3) is 0.833. The maximum Gasteiger partial charge on any atom is 0.353 e. The number of carbonyl (C=O) groups is 1. The molecule has 0 aromatic heterocycles. The van der Waals surface area contributed by atoms with E-state index in [0.29, 0.717) is 13.0 Å². The predicted molar refractivity (Wildman–Crippen MR) is 50.8 cm³/mol. The summed E-state index contributed by atoms with van der Waals surface area (Å²) in [5, 5.41) is 8.65. The van der Waals surface area contributed by atoms with Crippen LogP contribution in [0.1, 0.15) is 12.8 Å². The van der Waals surface area contributed by atoms with Gasteiger partial charge < -0.3 is 20.6 Å². The Bertz CT molecular complexity index is 242. The lowest BCUT2D eigenvalue weighted by Crippen LogP contribution is -2.37. The van der Waals surface area contributed by atoms with Crippen molar-refractivity contribution in [2.24, 2.45) is 5.73 Å². The molecule has 0 fully saturated rings. The number of rotatable bonds is 8. The van der Waals surface area contributed by atoms with Gasteiger partial charge in [-0.15, -0.1) is 0 Å². The zero-order valence-electron chi connectivity index (χ0n) is 8.00. The third-order valence-electron chi connectivity index (χ3n) is 1.45. The van der Waals surface area contributed by atoms with E-state index in [1.165, 1.54) is 0 Å². The van der Waals surface area contributed by atoms with E-state index in [1.807, 2.05) is 0 Å². The van der Waals surface area contributed by atoms with Gasteiger partial charge in [-0.2, -0.15) is 5.48 Å². The van der Waals surface area contributed by atoms with Gasteiger partial charge in [0.15, 0.2) is 6.35 Å². The second-order valence-corrected chi connectivity index (χ2v) is 4.47. The van der Waals surface area contributed by atoms with Gasteiger partial charge in [0.1, 0.15) is 6.04 Å². The number of hydrogen-bond acceptors (Lipinski definition) is 5. The fourth-order valence-electron chi connectivity index (χ4n) is 0.777. The van der Waals surface area contributed by atoms with Crippen molar-refractivity contribution in [2.45, 2.75) is 18.9 Å². The molecule has 0 aliphatic rings. The summed E-state index contributed by atoms with van der Waals surface area (Å²) in [4.78, 5) is 31.8. The molecule has 0 unspecified atom stereocenters. The Balaban J connectivity index is 3.86. The summed E-state index contributed by atoms with van der Waals surface area (Å²) in [6.07, 6.45) is -0.157. The summed E-state index contributed by atoms with van der Waals surface area (Å²) >= 11 is 0. The predicted octanol–water partition coefficient (Wildman–Crippen LogP) is -1.17. The molecule has 0 spiro atoms. The van der Waals surface area contributed by atoms with Crippen molar-refractivity contribution in [1.29, 1.82) is 0 Å². The zero-order valence-corrected chi connectivity index (χ0v) is 8.89. The van der Waals surface area contributed by atoms with Crippen LogP contribution >= 0.6 is 7.60 Å². The van der Waals surface area contributed by atoms with Gasteiger partial charge in [0.05, 0.1) is 0 Å². The zero-order chi connectivity index (χ0) is 11.9. The molecule has 90 valence electrons. The minimum absolute atomic E-state index is 0.229. The maximum atomic E-state index is 10.6. The van der Waals surface area contributed by atoms with Crippen molar-refractivity contribution < 1.29 is 29.1 Å². The first kappa shape index (κ1) is 14.5. The van der Waals surface area contributed by atoms with Crippen molar-refractivity contribution >= 4 is 13.6 Å². The Morgan fingerprint density at radius 1 is 1.53 bits per heavy atom. The average Bonchev–Trinajstić information content (AvgIpc) is 2.08. The van der Waals surface area contributed by atoms with Crippen molar-refractivity contribution in [3.63, 3.8) is 0 Å². The average molecular weight is 242 g/mol. The molecule has 0 rings (SSSR count). The quantitative estimate of drug-likeness (QED) is 0.265. The van der Waals surface area contributed by atoms with Crippen LogP contribution in [0.5, 0.6) is 0 Å². The second-order valence-electron chi connectivity index (χ2n) is 2.88. The Morgan fingerprint density at radius 2 is 2.13 bits per heavy atom. The molecule has 1 atom stereocenters. The first-order chi connectivity index (χ1) is 6.87. The Labute approximate surface area is 86.5 Å². The number of carboxylic acid groups (broad SMARTS) is 1. The maximum absolute atomic E-state index is 10.6. The lowest BCUT2D eigenvalue weighted by Gasteiger charge is -2.13. The molecule has 0 saturated heterocycles. The molecule has 0 aliphatic heterocycles. The highest BCUT2D eigenvalue weighted by molar-refractivity contribution is 7.51. The SMILES string of the molecule is NCCC[C@@H](NOCP(=O)(O)O)C(=O)O. The van der Waals surface area contributed by atoms with Crippen LogP contribution < -0.4 is 11.2 Å². The minimum atomic E-state index is -4.28. The summed E-state index contributed by atoms with van der Waals surface area (Å²) in [7, 11) is -4.28. The van der Waals surface area contributed by atoms with Gasteiger partial charge in [-0.3, -0.25) is 14.2 Å². The van der Waals surface area contributed by atoms with E-state index >= 15 is 0 Å². The van der Waals surface area contributed by atoms with E-state index in [9.17, 15) is 9.36 Å². The van der Waals surface area contributed by atoms with Crippen LogP contribution in [0.3, 0.4) is 0 Å². The lowest BCUT2D eigenvalue weighted by molar-refractivity contribution is -0.143. The van der Waals surface area contributed by atoms with Crippen molar-refractivity contribution in [3.8, 4) is 0 Å². The van der Waals surface area contributed by atoms with E-state index in [0.717, 1.165) is 0 Å². The Kier molecular flexibility index (Phi) is 6.66. The van der Waals surface area contributed by atoms with Gasteiger partial charge in [-0.1, -0.05) is 0 Å². The van der Waals surface area contributed by atoms with E-state index in [-0.39, 0.29) is 6.42 Å². The molecule has 0 aromatic rings. The van der Waals surface area contributed by atoms with Crippen molar-refractivity contribution in [2.75, 3.05) is 12.9 Å². The molecule has 8 nitrogen and oxygen atoms in total. The molecule has 0 saturated carbocycles. The number of carboxylic acids is 1. The van der Waals surface area contributed by atoms with Crippen LogP contribution in [0.4, 0.5) is 0 Å². The summed E-state index contributed by atoms with van der Waals surface area (Å²) in [6, 6.07) is -1.01. The molecule has 0 bridgehead atoms. The number of aliphatic carboxylic acids is 1. The molecular weight excluding hydrogens is 227 g/mol. The van der Waals surface area contributed by atoms with Crippen LogP contribution in [0.2, 0.25) is 0 Å². The van der Waals surface area contributed by atoms with Gasteiger partial charge in [-0.25, -0.2) is 0 Å². The van der Waals surface area contributed by atoms with Gasteiger partial charge in [0.25, 0.3) is 0 Å². The first-order valence-corrected chi connectivity index (χ1v) is 6.01. The molecule has 9 heteroatoms. The monoisotopic (exact) mass is 242 g/mol. The topological polar surface area (TPSA) is 142 Å². The molecule has 0 aliphatic carbocycles. The first-order valence-electron chi connectivity index (χ1n) is 4.21. The number of nitrogens with two attached hydrogens (primary N) is 1. The molecule has 6 N–H and O–H groups in total. The van der Waals surface area contributed by atoms with E-state index in [4.69, 9.17) is 20.6 Å². The standard InChI is InChI=1S/C6H15N2O6P/c7-3-1-2-5(6(9)10)8-14-4-15(11,12)13/h5,8H,1-4,7H2,(H,9,10)(H2,11,12,13)/t5-/m1/s1. The van der Waals surface area contributed by atoms with E-state index in [1.54, 1.807) is 0 Å². The highest BCUT2D eigenvalue weighted by Crippen LogP contribution is 2.33. The van der Waals surface area contributed by atoms with Crippen LogP contribution in [0.15, 0.2) is 0 Å². The van der Waals surface area contributed by atoms with Gasteiger partial charge in [0.2, 0.25) is 0 Å². The largest absolute Gasteiger partial charge is 0.480 e. The number of hydrogen-bond donors (Lipinski definition) is 5. The smallest absolute Gasteiger partial charge is 0.353 e. The third-order valence-corrected chi connectivity index (χ3v) is 1.92. The van der Waals surface area contributed by atoms with Crippen LogP contribution in [-0.2, 0) is 14.2 Å². The number of nitrogens with one attached hydrogen (secondary N) is 1. The van der Waals surface area contributed by atoms with E-state index < -0.39 is 26.0 Å². The molecule has 15 heavy (non-hydrogen) atoms. The molecular formula is C6H15N2O6P. The Morgan fingerprint density at radius 3 is 2.53 bits per heavy atom. The summed E-state index contributed by atoms with van der Waals surface area (Å²) in [6.45, 7) is 0.337. The van der Waals surface area contributed by atoms with E-state index in [2.05, 4.69) is 10.3 Å². The summed E-state index contributed by atoms with van der Waals surface area (Å²) in [5.41, 5.74) is 7.25. The fourth-order valence-corrected chi connectivity index (χ4v) is 1.02. The molecule has 0 aromatic carbocycles. The van der Waals surface area contributed by atoms with Crippen molar-refractivity contribution in [1.82, 2.24) is 5.48 Å². The lowest BCUT2D eigenvalue weighted by atomic mass is 10.2. The molecule has 0 radical (unpaired) electrons. The normalized spacial score (nSPS) is 13.8. The number of hydroxylamine groups is 1. The molecule has 0 amide bonds. The minimum Gasteiger partial charge on any atom is -0.480 e. The van der Waals surface area contributed by atoms with Crippen LogP contribution in [0, 0.1) is 0 Å². The van der Waals surface area contributed by atoms with Gasteiger partial charge in [-0.05, 0) is 19.4 Å². The van der Waals surface area contributed by atoms with Crippen LogP contribution in [0.25, 0.3) is 0 Å². The summed E-state index contributed by atoms with van der Waals surface area (Å²) in [5.74, 6) is -1.16. The van der Waals surface area contributed by atoms with Crippen molar-refractivity contribution in [3.05, 3.63) is 0 Å². The van der Waals surface area contributed by atoms with Gasteiger partial charge in [0, 0.05) is 0 Å². The van der Waals surface area contributed by atoms with Crippen LogP contribution in [-0.4, -0.2) is 39.8 Å². The highest BCUT2D eigenvalue weighted by Gasteiger charge is 2.19. The highest BCUT2D eigenvalue weighted by atomic mass is 31.2.